The third-order valence-electron chi connectivity index (χ3n) is 3.00. The van der Waals surface area contributed by atoms with Crippen molar-refractivity contribution in [3.63, 3.8) is 0 Å². The SMILES string of the molecule is CC(C)Cn1ccnc(NCC(C)(C)CCO)c1=O. The lowest BCUT2D eigenvalue weighted by Crippen LogP contribution is -2.30. The van der Waals surface area contributed by atoms with Gasteiger partial charge in [0, 0.05) is 32.1 Å². The second kappa shape index (κ2) is 6.70. The fourth-order valence-corrected chi connectivity index (χ4v) is 1.82. The van der Waals surface area contributed by atoms with Crippen LogP contribution in [0.3, 0.4) is 0 Å². The van der Waals surface area contributed by atoms with E-state index in [1.54, 1.807) is 17.0 Å². The van der Waals surface area contributed by atoms with Gasteiger partial charge in [0.25, 0.3) is 5.56 Å². The molecule has 0 fully saturated rings. The van der Waals surface area contributed by atoms with Crippen LogP contribution in [0.25, 0.3) is 0 Å². The molecule has 1 aromatic rings. The Balaban J connectivity index is 2.77. The molecular weight excluding hydrogens is 242 g/mol. The molecule has 0 aliphatic heterocycles. The Labute approximate surface area is 114 Å². The summed E-state index contributed by atoms with van der Waals surface area (Å²) in [7, 11) is 0. The van der Waals surface area contributed by atoms with Crippen LogP contribution >= 0.6 is 0 Å². The van der Waals surface area contributed by atoms with Gasteiger partial charge in [-0.05, 0) is 17.8 Å². The minimum Gasteiger partial charge on any atom is -0.396 e. The van der Waals surface area contributed by atoms with Gasteiger partial charge in [-0.3, -0.25) is 4.79 Å². The molecule has 0 bridgehead atoms. The molecule has 1 heterocycles. The number of hydrogen-bond donors (Lipinski definition) is 2. The number of hydrogen-bond acceptors (Lipinski definition) is 4. The van der Waals surface area contributed by atoms with E-state index >= 15 is 0 Å². The number of nitrogens with zero attached hydrogens (tertiary/aromatic N) is 2. The lowest BCUT2D eigenvalue weighted by Gasteiger charge is -2.24. The highest BCUT2D eigenvalue weighted by Crippen LogP contribution is 2.19. The molecule has 0 amide bonds. The Kier molecular flexibility index (Phi) is 5.54. The maximum Gasteiger partial charge on any atom is 0.293 e. The summed E-state index contributed by atoms with van der Waals surface area (Å²) >= 11 is 0. The van der Waals surface area contributed by atoms with E-state index in [9.17, 15) is 4.79 Å². The number of aliphatic hydroxyl groups is 1. The van der Waals surface area contributed by atoms with Gasteiger partial charge >= 0.3 is 0 Å². The van der Waals surface area contributed by atoms with E-state index in [1.807, 2.05) is 13.8 Å². The van der Waals surface area contributed by atoms with Crippen LogP contribution in [-0.2, 0) is 6.54 Å². The lowest BCUT2D eigenvalue weighted by molar-refractivity contribution is 0.220. The zero-order valence-corrected chi connectivity index (χ0v) is 12.3. The second-order valence-corrected chi connectivity index (χ2v) is 6.12. The molecule has 0 saturated carbocycles. The summed E-state index contributed by atoms with van der Waals surface area (Å²) < 4.78 is 1.68. The van der Waals surface area contributed by atoms with Crippen molar-refractivity contribution in [1.29, 1.82) is 0 Å². The van der Waals surface area contributed by atoms with Gasteiger partial charge in [-0.2, -0.15) is 0 Å². The summed E-state index contributed by atoms with van der Waals surface area (Å²) in [5.41, 5.74) is -0.155. The standard InChI is InChI=1S/C14H25N3O2/c1-11(2)9-17-7-6-15-12(13(17)19)16-10-14(3,4)5-8-18/h6-7,11,18H,5,8-10H2,1-4H3,(H,15,16). The molecule has 1 aromatic heterocycles. The van der Waals surface area contributed by atoms with Crippen LogP contribution in [0.2, 0.25) is 0 Å². The molecule has 0 radical (unpaired) electrons. The van der Waals surface area contributed by atoms with Crippen molar-refractivity contribution in [3.8, 4) is 0 Å². The van der Waals surface area contributed by atoms with Gasteiger partial charge in [0.05, 0.1) is 0 Å². The van der Waals surface area contributed by atoms with Crippen molar-refractivity contribution in [2.45, 2.75) is 40.7 Å². The van der Waals surface area contributed by atoms with Gasteiger partial charge in [-0.25, -0.2) is 4.98 Å². The molecule has 0 aliphatic carbocycles. The van der Waals surface area contributed by atoms with E-state index < -0.39 is 0 Å². The molecular formula is C14H25N3O2. The summed E-state index contributed by atoms with van der Waals surface area (Å²) in [4.78, 5) is 16.3. The molecule has 0 spiro atoms. The fraction of sp³-hybridized carbons (Fsp3) is 0.714. The highest BCUT2D eigenvalue weighted by atomic mass is 16.3. The third kappa shape index (κ3) is 5.03. The van der Waals surface area contributed by atoms with Crippen LogP contribution in [0, 0.1) is 11.3 Å². The summed E-state index contributed by atoms with van der Waals surface area (Å²) in [6, 6.07) is 0. The third-order valence-corrected chi connectivity index (χ3v) is 3.00. The van der Waals surface area contributed by atoms with Gasteiger partial charge in [-0.15, -0.1) is 0 Å². The first-order valence-electron chi connectivity index (χ1n) is 6.76. The zero-order valence-electron chi connectivity index (χ0n) is 12.3. The van der Waals surface area contributed by atoms with Crippen molar-refractivity contribution in [1.82, 2.24) is 9.55 Å². The summed E-state index contributed by atoms with van der Waals surface area (Å²) in [5.74, 6) is 0.799. The normalized spacial score (nSPS) is 11.9. The molecule has 1 rings (SSSR count). The first-order chi connectivity index (χ1) is 8.85. The number of aromatic nitrogens is 2. The monoisotopic (exact) mass is 267 g/mol. The molecule has 2 N–H and O–H groups in total. The Bertz CT molecular complexity index is 452. The van der Waals surface area contributed by atoms with Crippen molar-refractivity contribution in [2.24, 2.45) is 11.3 Å². The van der Waals surface area contributed by atoms with Crippen molar-refractivity contribution >= 4 is 5.82 Å². The lowest BCUT2D eigenvalue weighted by atomic mass is 9.90. The molecule has 0 aliphatic rings. The van der Waals surface area contributed by atoms with E-state index in [-0.39, 0.29) is 17.6 Å². The summed E-state index contributed by atoms with van der Waals surface area (Å²) in [5, 5.41) is 12.1. The predicted octanol–water partition coefficient (Wildman–Crippen LogP) is 1.72. The highest BCUT2D eigenvalue weighted by molar-refractivity contribution is 5.31. The average molecular weight is 267 g/mol. The Morgan fingerprint density at radius 3 is 2.74 bits per heavy atom. The van der Waals surface area contributed by atoms with Crippen LogP contribution < -0.4 is 10.9 Å². The number of nitrogens with one attached hydrogen (secondary N) is 1. The largest absolute Gasteiger partial charge is 0.396 e. The maximum absolute atomic E-state index is 12.2. The minimum absolute atomic E-state index is 0.0679. The van der Waals surface area contributed by atoms with Gasteiger partial charge < -0.3 is 15.0 Å². The van der Waals surface area contributed by atoms with Crippen LogP contribution in [-0.4, -0.2) is 27.8 Å². The average Bonchev–Trinajstić information content (AvgIpc) is 2.29. The predicted molar refractivity (Wildman–Crippen MR) is 77.3 cm³/mol. The van der Waals surface area contributed by atoms with E-state index in [1.165, 1.54) is 0 Å². The fourth-order valence-electron chi connectivity index (χ4n) is 1.82. The van der Waals surface area contributed by atoms with E-state index in [0.29, 0.717) is 31.2 Å². The van der Waals surface area contributed by atoms with E-state index in [4.69, 9.17) is 5.11 Å². The molecule has 19 heavy (non-hydrogen) atoms. The molecule has 108 valence electrons. The maximum atomic E-state index is 12.2. The Morgan fingerprint density at radius 2 is 2.16 bits per heavy atom. The minimum atomic E-state index is -0.0870. The topological polar surface area (TPSA) is 67.2 Å². The molecule has 5 heteroatoms. The van der Waals surface area contributed by atoms with Crippen molar-refractivity contribution < 1.29 is 5.11 Å². The van der Waals surface area contributed by atoms with Gasteiger partial charge in [-0.1, -0.05) is 27.7 Å². The van der Waals surface area contributed by atoms with Crippen molar-refractivity contribution in [2.75, 3.05) is 18.5 Å². The highest BCUT2D eigenvalue weighted by Gasteiger charge is 2.18. The van der Waals surface area contributed by atoms with Gasteiger partial charge in [0.2, 0.25) is 0 Å². The number of anilines is 1. The van der Waals surface area contributed by atoms with E-state index in [2.05, 4.69) is 24.1 Å². The van der Waals surface area contributed by atoms with Crippen LogP contribution in [0.4, 0.5) is 5.82 Å². The summed E-state index contributed by atoms with van der Waals surface area (Å²) in [6.07, 6.45) is 4.05. The van der Waals surface area contributed by atoms with Gasteiger partial charge in [0.15, 0.2) is 5.82 Å². The van der Waals surface area contributed by atoms with Crippen LogP contribution in [0.1, 0.15) is 34.1 Å². The Morgan fingerprint density at radius 1 is 1.47 bits per heavy atom. The number of aliphatic hydroxyl groups excluding tert-OH is 1. The summed E-state index contributed by atoms with van der Waals surface area (Å²) in [6.45, 7) is 9.69. The quantitative estimate of drug-likeness (QED) is 0.789. The first kappa shape index (κ1) is 15.7. The number of rotatable bonds is 7. The van der Waals surface area contributed by atoms with Gasteiger partial charge in [0.1, 0.15) is 0 Å². The van der Waals surface area contributed by atoms with E-state index in [0.717, 1.165) is 0 Å². The first-order valence-corrected chi connectivity index (χ1v) is 6.76. The Hall–Kier alpha value is -1.36. The molecule has 0 atom stereocenters. The smallest absolute Gasteiger partial charge is 0.293 e. The molecule has 0 saturated heterocycles. The van der Waals surface area contributed by atoms with Crippen molar-refractivity contribution in [3.05, 3.63) is 22.7 Å². The molecule has 5 nitrogen and oxygen atoms in total. The van der Waals surface area contributed by atoms with Crippen LogP contribution in [0.15, 0.2) is 17.2 Å². The zero-order chi connectivity index (χ0) is 14.5. The molecule has 0 unspecified atom stereocenters. The molecule has 0 aromatic carbocycles. The second-order valence-electron chi connectivity index (χ2n) is 6.12. The van der Waals surface area contributed by atoms with Crippen LogP contribution in [0.5, 0.6) is 0 Å².